The number of ether oxygens (including phenoxy) is 2. The number of hydrogen-bond donors (Lipinski definition) is 1. The summed E-state index contributed by atoms with van der Waals surface area (Å²) in [6.07, 6.45) is 3.04. The van der Waals surface area contributed by atoms with Crippen LogP contribution in [0, 0.1) is 17.3 Å². The lowest BCUT2D eigenvalue weighted by atomic mass is 10.1. The fourth-order valence-electron chi connectivity index (χ4n) is 3.57. The van der Waals surface area contributed by atoms with E-state index >= 15 is 4.39 Å². The molecule has 1 N–H and O–H groups in total. The number of hydrogen-bond acceptors (Lipinski definition) is 8. The second-order valence-electron chi connectivity index (χ2n) is 9.71. The predicted molar refractivity (Wildman–Crippen MR) is 152 cm³/mol. The molecular weight excluding hydrogens is 537 g/mol. The third-order valence-electron chi connectivity index (χ3n) is 5.25. The van der Waals surface area contributed by atoms with Crippen molar-refractivity contribution in [2.75, 3.05) is 25.1 Å². The smallest absolute Gasteiger partial charge is 0.332 e. The van der Waals surface area contributed by atoms with E-state index < -0.39 is 23.1 Å². The van der Waals surface area contributed by atoms with Gasteiger partial charge >= 0.3 is 5.97 Å². The number of carbonyl (C=O) groups is 1. The Labute approximate surface area is 236 Å². The minimum Gasteiger partial charge on any atom is -0.458 e. The Bertz CT molecular complexity index is 1580. The van der Waals surface area contributed by atoms with Gasteiger partial charge in [0.1, 0.15) is 23.7 Å². The van der Waals surface area contributed by atoms with Gasteiger partial charge in [0.2, 0.25) is 5.95 Å². The molecule has 0 aliphatic heterocycles. The third-order valence-corrected chi connectivity index (χ3v) is 5.54. The monoisotopic (exact) mass is 565 g/mol. The molecule has 3 rings (SSSR count). The van der Waals surface area contributed by atoms with E-state index in [4.69, 9.17) is 26.3 Å². The maximum Gasteiger partial charge on any atom is 0.332 e. The first-order valence-corrected chi connectivity index (χ1v) is 12.6. The first kappa shape index (κ1) is 30.2. The third kappa shape index (κ3) is 8.09. The Balaban J connectivity index is 1.83. The summed E-state index contributed by atoms with van der Waals surface area (Å²) in [4.78, 5) is 28.8. The van der Waals surface area contributed by atoms with Crippen molar-refractivity contribution in [3.8, 4) is 17.3 Å². The number of esters is 1. The topological polar surface area (TPSA) is 119 Å². The molecule has 0 spiro atoms. The zero-order valence-corrected chi connectivity index (χ0v) is 23.2. The van der Waals surface area contributed by atoms with Crippen LogP contribution in [0.5, 0.6) is 0 Å². The van der Waals surface area contributed by atoms with E-state index in [1.807, 2.05) is 6.07 Å². The summed E-state index contributed by atoms with van der Waals surface area (Å²) in [5.74, 6) is -1.27. The summed E-state index contributed by atoms with van der Waals surface area (Å²) in [6.45, 7) is 12.8. The average molecular weight is 566 g/mol. The number of benzene rings is 1. The van der Waals surface area contributed by atoms with Gasteiger partial charge in [-0.05, 0) is 44.6 Å². The van der Waals surface area contributed by atoms with Gasteiger partial charge in [0, 0.05) is 17.5 Å². The molecule has 0 aliphatic rings. The summed E-state index contributed by atoms with van der Waals surface area (Å²) in [7, 11) is 0. The van der Waals surface area contributed by atoms with Crippen LogP contribution in [0.2, 0.25) is 5.02 Å². The number of rotatable bonds is 11. The van der Waals surface area contributed by atoms with Gasteiger partial charge < -0.3 is 14.8 Å². The van der Waals surface area contributed by atoms with Gasteiger partial charge in [-0.15, -0.1) is 0 Å². The molecule has 40 heavy (non-hydrogen) atoms. The van der Waals surface area contributed by atoms with Crippen molar-refractivity contribution in [2.45, 2.75) is 32.9 Å². The second kappa shape index (κ2) is 13.2. The second-order valence-corrected chi connectivity index (χ2v) is 10.1. The minimum atomic E-state index is -0.853. The number of carbonyl (C=O) groups excluding carboxylic acids is 1. The summed E-state index contributed by atoms with van der Waals surface area (Å²) in [5, 5.41) is 17.0. The van der Waals surface area contributed by atoms with Crippen LogP contribution in [0.25, 0.3) is 22.0 Å². The van der Waals surface area contributed by atoms with Gasteiger partial charge in [-0.1, -0.05) is 49.0 Å². The van der Waals surface area contributed by atoms with Crippen LogP contribution in [0.1, 0.15) is 20.8 Å². The molecule has 0 radical (unpaired) electrons. The fraction of sp³-hybridized carbons (Fsp3) is 0.276. The van der Waals surface area contributed by atoms with Crippen LogP contribution in [-0.2, 0) is 20.8 Å². The van der Waals surface area contributed by atoms with Crippen LogP contribution in [0.15, 0.2) is 71.6 Å². The zero-order chi connectivity index (χ0) is 29.4. The molecule has 0 saturated heterocycles. The number of halogens is 2. The Kier molecular flexibility index (Phi) is 9.93. The molecular formula is C29H29ClFN5O4. The molecule has 0 aliphatic carbocycles. The predicted octanol–water partition coefficient (Wildman–Crippen LogP) is 5.21. The highest BCUT2D eigenvalue weighted by atomic mass is 35.5. The summed E-state index contributed by atoms with van der Waals surface area (Å²) < 4.78 is 27.0. The Morgan fingerprint density at radius 1 is 1.25 bits per heavy atom. The number of allylic oxidation sites excluding steroid dienone is 4. The molecule has 0 unspecified atom stereocenters. The first-order chi connectivity index (χ1) is 18.9. The van der Waals surface area contributed by atoms with E-state index in [9.17, 15) is 9.59 Å². The molecule has 9 nitrogen and oxygen atoms in total. The summed E-state index contributed by atoms with van der Waals surface area (Å²) in [6, 6.07) is 9.97. The van der Waals surface area contributed by atoms with E-state index in [0.717, 1.165) is 0 Å². The van der Waals surface area contributed by atoms with Crippen LogP contribution >= 0.6 is 11.6 Å². The van der Waals surface area contributed by atoms with E-state index in [-0.39, 0.29) is 54.0 Å². The lowest BCUT2D eigenvalue weighted by Crippen LogP contribution is -2.27. The van der Waals surface area contributed by atoms with Crippen molar-refractivity contribution < 1.29 is 18.7 Å². The Morgan fingerprint density at radius 3 is 2.62 bits per heavy atom. The van der Waals surface area contributed by atoms with Gasteiger partial charge in [0.05, 0.1) is 35.2 Å². The molecule has 0 bridgehead atoms. The number of pyridine rings is 1. The van der Waals surface area contributed by atoms with Gasteiger partial charge in [-0.3, -0.25) is 4.79 Å². The molecule has 208 valence electrons. The summed E-state index contributed by atoms with van der Waals surface area (Å²) >= 11 is 6.42. The molecule has 2 aromatic heterocycles. The highest BCUT2D eigenvalue weighted by Crippen LogP contribution is 2.31. The fourth-order valence-corrected chi connectivity index (χ4v) is 3.78. The quantitative estimate of drug-likeness (QED) is 0.111. The van der Waals surface area contributed by atoms with Crippen molar-refractivity contribution in [3.63, 3.8) is 0 Å². The van der Waals surface area contributed by atoms with Gasteiger partial charge in [0.15, 0.2) is 0 Å². The van der Waals surface area contributed by atoms with Crippen molar-refractivity contribution >= 4 is 34.2 Å². The maximum absolute atomic E-state index is 15.3. The highest BCUT2D eigenvalue weighted by Gasteiger charge is 2.19. The molecule has 0 saturated carbocycles. The molecule has 0 fully saturated rings. The average Bonchev–Trinajstić information content (AvgIpc) is 2.89. The van der Waals surface area contributed by atoms with E-state index in [1.165, 1.54) is 16.8 Å². The highest BCUT2D eigenvalue weighted by molar-refractivity contribution is 6.33. The van der Waals surface area contributed by atoms with Gasteiger partial charge in [-0.25, -0.2) is 14.5 Å². The zero-order valence-electron chi connectivity index (χ0n) is 22.5. The number of anilines is 1. The van der Waals surface area contributed by atoms with Crippen molar-refractivity contribution in [3.05, 3.63) is 88.1 Å². The number of nitrogens with one attached hydrogen (secondary N) is 1. The van der Waals surface area contributed by atoms with Crippen LogP contribution in [0.3, 0.4) is 0 Å². The largest absolute Gasteiger partial charge is 0.458 e. The Morgan fingerprint density at radius 2 is 1.95 bits per heavy atom. The maximum atomic E-state index is 15.3. The van der Waals surface area contributed by atoms with Crippen molar-refractivity contribution in [2.24, 2.45) is 0 Å². The van der Waals surface area contributed by atoms with Crippen molar-refractivity contribution in [1.29, 1.82) is 5.26 Å². The van der Waals surface area contributed by atoms with Gasteiger partial charge in [0.25, 0.3) is 5.56 Å². The van der Waals surface area contributed by atoms with Crippen LogP contribution in [-0.4, -0.2) is 46.1 Å². The number of nitriles is 1. The SMILES string of the molecule is C=C(C#N)/C=C\C(=C)Cn1nc(-c2cc(Cl)c(NCCOCC(=O)OC(C)(C)C)nc2F)c2ccccc2c1=O. The number of aromatic nitrogens is 3. The van der Waals surface area contributed by atoms with Crippen LogP contribution < -0.4 is 10.9 Å². The normalized spacial score (nSPS) is 11.4. The Hall–Kier alpha value is -4.33. The van der Waals surface area contributed by atoms with E-state index in [1.54, 1.807) is 51.1 Å². The molecule has 1 aromatic carbocycles. The molecule has 0 amide bonds. The summed E-state index contributed by atoms with van der Waals surface area (Å²) in [5.41, 5.74) is -0.115. The first-order valence-electron chi connectivity index (χ1n) is 12.2. The lowest BCUT2D eigenvalue weighted by Gasteiger charge is -2.19. The minimum absolute atomic E-state index is 0.000637. The van der Waals surface area contributed by atoms with E-state index in [2.05, 4.69) is 28.6 Å². The van der Waals surface area contributed by atoms with Crippen molar-refractivity contribution in [1.82, 2.24) is 14.8 Å². The molecule has 3 aromatic rings. The standard InChI is InChI=1S/C29H29ClFN5O4/c1-18(15-32)10-11-19(2)16-36-28(38)21-9-7-6-8-20(21)25(35-36)22-14-23(30)27(34-26(22)31)33-12-13-39-17-24(37)40-29(3,4)5/h6-11,14H,1-2,12-13,16-17H2,3-5H3,(H,33,34)/b11-10-. The lowest BCUT2D eigenvalue weighted by molar-refractivity contribution is -0.160. The number of nitrogens with zero attached hydrogens (tertiary/aromatic N) is 4. The number of fused-ring (bicyclic) bond motifs is 1. The molecule has 11 heteroatoms. The van der Waals surface area contributed by atoms with E-state index in [0.29, 0.717) is 16.3 Å². The van der Waals surface area contributed by atoms with Gasteiger partial charge in [-0.2, -0.15) is 14.8 Å². The molecule has 2 heterocycles. The van der Waals surface area contributed by atoms with Crippen LogP contribution in [0.4, 0.5) is 10.2 Å². The molecule has 0 atom stereocenters.